The molecule has 2 aromatic carbocycles. The number of hydrogen-bond acceptors (Lipinski definition) is 5. The maximum absolute atomic E-state index is 14.3. The first-order valence-corrected chi connectivity index (χ1v) is 9.79. The summed E-state index contributed by atoms with van der Waals surface area (Å²) in [6.45, 7) is 3.15. The lowest BCUT2D eigenvalue weighted by Crippen LogP contribution is -2.34. The Hall–Kier alpha value is -3.26. The minimum Gasteiger partial charge on any atom is -0.452 e. The van der Waals surface area contributed by atoms with Gasteiger partial charge in [-0.3, -0.25) is 4.79 Å². The molecule has 9 heteroatoms. The molecule has 31 heavy (non-hydrogen) atoms. The van der Waals surface area contributed by atoms with Gasteiger partial charge in [0, 0.05) is 13.1 Å². The molecule has 3 rings (SSSR count). The van der Waals surface area contributed by atoms with Gasteiger partial charge in [-0.25, -0.2) is 13.6 Å². The van der Waals surface area contributed by atoms with Crippen LogP contribution in [0.5, 0.6) is 0 Å². The molecule has 0 aliphatic rings. The zero-order chi connectivity index (χ0) is 22.5. The van der Waals surface area contributed by atoms with E-state index in [4.69, 9.17) is 20.9 Å². The van der Waals surface area contributed by atoms with Crippen LogP contribution < -0.4 is 0 Å². The van der Waals surface area contributed by atoms with Crippen LogP contribution in [-0.4, -0.2) is 35.1 Å². The molecular formula is C22H19ClF2N2O4. The normalized spacial score (nSPS) is 10.7. The van der Waals surface area contributed by atoms with E-state index >= 15 is 0 Å². The predicted molar refractivity (Wildman–Crippen MR) is 109 cm³/mol. The highest BCUT2D eigenvalue weighted by atomic mass is 35.5. The predicted octanol–water partition coefficient (Wildman–Crippen LogP) is 4.79. The van der Waals surface area contributed by atoms with Crippen molar-refractivity contribution < 1.29 is 27.6 Å². The molecule has 1 heterocycles. The Morgan fingerprint density at radius 1 is 1.19 bits per heavy atom. The van der Waals surface area contributed by atoms with Crippen LogP contribution in [0.3, 0.4) is 0 Å². The Labute approximate surface area is 182 Å². The fraction of sp³-hybridized carbons (Fsp3) is 0.227. The number of carbonyl (C=O) groups excluding carboxylic acids is 2. The lowest BCUT2D eigenvalue weighted by atomic mass is 10.1. The average Bonchev–Trinajstić information content (AvgIpc) is 3.11. The molecule has 3 aromatic rings. The summed E-state index contributed by atoms with van der Waals surface area (Å²) >= 11 is 6.06. The number of aryl methyl sites for hydroxylation is 1. The van der Waals surface area contributed by atoms with Gasteiger partial charge in [-0.2, -0.15) is 0 Å². The summed E-state index contributed by atoms with van der Waals surface area (Å²) in [5.41, 5.74) is 0.284. The zero-order valence-electron chi connectivity index (χ0n) is 16.8. The van der Waals surface area contributed by atoms with Crippen molar-refractivity contribution in [3.63, 3.8) is 0 Å². The second-order valence-electron chi connectivity index (χ2n) is 6.67. The summed E-state index contributed by atoms with van der Waals surface area (Å²) in [7, 11) is 0. The monoisotopic (exact) mass is 448 g/mol. The molecule has 0 N–H and O–H groups in total. The molecule has 6 nitrogen and oxygen atoms in total. The van der Waals surface area contributed by atoms with Gasteiger partial charge in [0.1, 0.15) is 28.7 Å². The topological polar surface area (TPSA) is 72.6 Å². The lowest BCUT2D eigenvalue weighted by molar-refractivity contribution is -0.134. The van der Waals surface area contributed by atoms with Crippen molar-refractivity contribution in [1.82, 2.24) is 10.1 Å². The molecular weight excluding hydrogens is 430 g/mol. The third kappa shape index (κ3) is 5.08. The molecule has 162 valence electrons. The second kappa shape index (κ2) is 9.70. The van der Waals surface area contributed by atoms with Crippen LogP contribution in [0.2, 0.25) is 5.02 Å². The van der Waals surface area contributed by atoms with Gasteiger partial charge in [0.2, 0.25) is 0 Å². The van der Waals surface area contributed by atoms with Crippen LogP contribution in [0.4, 0.5) is 8.78 Å². The smallest absolute Gasteiger partial charge is 0.344 e. The van der Waals surface area contributed by atoms with Gasteiger partial charge in [0.25, 0.3) is 5.91 Å². The number of ether oxygens (including phenoxy) is 1. The average molecular weight is 449 g/mol. The Kier molecular flexibility index (Phi) is 7.02. The third-order valence-electron chi connectivity index (χ3n) is 4.59. The van der Waals surface area contributed by atoms with Crippen LogP contribution in [-0.2, 0) is 16.1 Å². The first-order valence-electron chi connectivity index (χ1n) is 9.41. The van der Waals surface area contributed by atoms with Crippen molar-refractivity contribution in [2.24, 2.45) is 0 Å². The van der Waals surface area contributed by atoms with E-state index in [1.165, 1.54) is 42.2 Å². The molecule has 0 spiro atoms. The summed E-state index contributed by atoms with van der Waals surface area (Å²) in [5, 5.41) is 3.79. The van der Waals surface area contributed by atoms with Gasteiger partial charge in [-0.1, -0.05) is 35.0 Å². The molecule has 0 radical (unpaired) electrons. The number of hydrogen-bond donors (Lipinski definition) is 0. The molecule has 0 atom stereocenters. The molecule has 0 unspecified atom stereocenters. The van der Waals surface area contributed by atoms with E-state index in [0.29, 0.717) is 12.1 Å². The van der Waals surface area contributed by atoms with Crippen LogP contribution in [0.15, 0.2) is 47.0 Å². The lowest BCUT2D eigenvalue weighted by Gasteiger charge is -2.21. The number of aromatic nitrogens is 1. The highest BCUT2D eigenvalue weighted by molar-refractivity contribution is 6.33. The van der Waals surface area contributed by atoms with E-state index in [9.17, 15) is 18.4 Å². The van der Waals surface area contributed by atoms with Crippen LogP contribution in [0, 0.1) is 18.6 Å². The molecule has 0 bridgehead atoms. The first-order chi connectivity index (χ1) is 14.8. The van der Waals surface area contributed by atoms with Gasteiger partial charge in [-0.15, -0.1) is 0 Å². The van der Waals surface area contributed by atoms with Crippen molar-refractivity contribution in [1.29, 1.82) is 0 Å². The summed E-state index contributed by atoms with van der Waals surface area (Å²) in [4.78, 5) is 26.6. The fourth-order valence-corrected chi connectivity index (χ4v) is 3.28. The number of rotatable bonds is 7. The Morgan fingerprint density at radius 2 is 1.94 bits per heavy atom. The number of esters is 1. The number of halogens is 3. The van der Waals surface area contributed by atoms with Gasteiger partial charge < -0.3 is 14.2 Å². The summed E-state index contributed by atoms with van der Waals surface area (Å²) in [5.74, 6) is -2.37. The summed E-state index contributed by atoms with van der Waals surface area (Å²) in [6.07, 6.45) is 0. The second-order valence-corrected chi connectivity index (χ2v) is 7.08. The largest absolute Gasteiger partial charge is 0.452 e. The highest BCUT2D eigenvalue weighted by Crippen LogP contribution is 2.33. The van der Waals surface area contributed by atoms with Crippen LogP contribution in [0.1, 0.15) is 28.6 Å². The number of likely N-dealkylation sites (N-methyl/N-ethyl adjacent to an activating group) is 1. The van der Waals surface area contributed by atoms with E-state index in [1.807, 2.05) is 0 Å². The standard InChI is InChI=1S/C22H19ClF2N2O4/c1-3-27(11-14-6-4-7-15(24)10-14)18(28)12-30-22(29)19-13(2)31-26-21(19)20-16(23)8-5-9-17(20)25/h4-10H,3,11-12H2,1-2H3. The maximum atomic E-state index is 14.3. The van der Waals surface area contributed by atoms with Crippen molar-refractivity contribution in [3.8, 4) is 11.3 Å². The molecule has 1 aromatic heterocycles. The van der Waals surface area contributed by atoms with Crippen LogP contribution >= 0.6 is 11.6 Å². The van der Waals surface area contributed by atoms with Gasteiger partial charge in [0.15, 0.2) is 6.61 Å². The van der Waals surface area contributed by atoms with E-state index < -0.39 is 30.1 Å². The SMILES string of the molecule is CCN(Cc1cccc(F)c1)C(=O)COC(=O)c1c(-c2c(F)cccc2Cl)noc1C. The molecule has 0 aliphatic heterocycles. The minimum absolute atomic E-state index is 0.0469. The van der Waals surface area contributed by atoms with Gasteiger partial charge in [0.05, 0.1) is 10.6 Å². The molecule has 0 fully saturated rings. The van der Waals surface area contributed by atoms with E-state index in [0.717, 1.165) is 0 Å². The summed E-state index contributed by atoms with van der Waals surface area (Å²) in [6, 6.07) is 9.92. The maximum Gasteiger partial charge on any atom is 0.344 e. The zero-order valence-corrected chi connectivity index (χ0v) is 17.6. The molecule has 1 amide bonds. The molecule has 0 aliphatic carbocycles. The quantitative estimate of drug-likeness (QED) is 0.486. The number of carbonyl (C=O) groups is 2. The summed E-state index contributed by atoms with van der Waals surface area (Å²) < 4.78 is 37.9. The number of amides is 1. The van der Waals surface area contributed by atoms with Crippen molar-refractivity contribution in [3.05, 3.63) is 76.0 Å². The number of benzene rings is 2. The Morgan fingerprint density at radius 3 is 2.61 bits per heavy atom. The van der Waals surface area contributed by atoms with Crippen molar-refractivity contribution >= 4 is 23.5 Å². The fourth-order valence-electron chi connectivity index (χ4n) is 3.03. The first kappa shape index (κ1) is 22.4. The molecule has 0 saturated carbocycles. The van der Waals surface area contributed by atoms with Gasteiger partial charge >= 0.3 is 5.97 Å². The molecule has 0 saturated heterocycles. The Balaban J connectivity index is 1.74. The van der Waals surface area contributed by atoms with Crippen LogP contribution in [0.25, 0.3) is 11.3 Å². The van der Waals surface area contributed by atoms with Gasteiger partial charge in [-0.05, 0) is 43.7 Å². The van der Waals surface area contributed by atoms with E-state index in [-0.39, 0.29) is 34.1 Å². The number of nitrogens with zero attached hydrogens (tertiary/aromatic N) is 2. The Bertz CT molecular complexity index is 1100. The van der Waals surface area contributed by atoms with E-state index in [2.05, 4.69) is 5.16 Å². The third-order valence-corrected chi connectivity index (χ3v) is 4.91. The van der Waals surface area contributed by atoms with E-state index in [1.54, 1.807) is 19.1 Å². The van der Waals surface area contributed by atoms with Crippen molar-refractivity contribution in [2.45, 2.75) is 20.4 Å². The highest BCUT2D eigenvalue weighted by Gasteiger charge is 2.27. The van der Waals surface area contributed by atoms with Crippen molar-refractivity contribution in [2.75, 3.05) is 13.2 Å². The minimum atomic E-state index is -0.900.